The van der Waals surface area contributed by atoms with Crippen molar-refractivity contribution in [3.8, 4) is 22.8 Å². The van der Waals surface area contributed by atoms with Crippen LogP contribution in [0.4, 0.5) is 0 Å². The summed E-state index contributed by atoms with van der Waals surface area (Å²) in [6, 6.07) is 7.06. The Labute approximate surface area is 105 Å². The highest BCUT2D eigenvalue weighted by atomic mass is 79.9. The molecule has 17 heavy (non-hydrogen) atoms. The molecular weight excluding hydrogens is 288 g/mol. The first kappa shape index (κ1) is 11.7. The SMILES string of the molecule is Cc1c(-c2ccc(Br)cc2)oc(=O)c(O)c1O. The monoisotopic (exact) mass is 296 g/mol. The van der Waals surface area contributed by atoms with E-state index in [2.05, 4.69) is 15.9 Å². The molecule has 88 valence electrons. The van der Waals surface area contributed by atoms with Crippen molar-refractivity contribution < 1.29 is 14.6 Å². The number of halogens is 1. The molecule has 2 aromatic rings. The van der Waals surface area contributed by atoms with Gasteiger partial charge in [-0.05, 0) is 19.1 Å². The molecule has 0 bridgehead atoms. The van der Waals surface area contributed by atoms with Crippen LogP contribution >= 0.6 is 15.9 Å². The average Bonchev–Trinajstić information content (AvgIpc) is 2.32. The van der Waals surface area contributed by atoms with Crippen LogP contribution in [0.3, 0.4) is 0 Å². The highest BCUT2D eigenvalue weighted by Crippen LogP contribution is 2.33. The summed E-state index contributed by atoms with van der Waals surface area (Å²) in [5, 5.41) is 18.8. The standard InChI is InChI=1S/C12H9BrO4/c1-6-9(14)10(15)12(16)17-11(6)7-2-4-8(13)5-3-7/h2-5,14-15H,1H3. The van der Waals surface area contributed by atoms with Crippen LogP contribution in [-0.4, -0.2) is 10.2 Å². The van der Waals surface area contributed by atoms with Crippen LogP contribution in [0.2, 0.25) is 0 Å². The molecule has 0 aliphatic heterocycles. The second-order valence-electron chi connectivity index (χ2n) is 3.55. The predicted octanol–water partition coefficient (Wildman–Crippen LogP) is 2.79. The highest BCUT2D eigenvalue weighted by molar-refractivity contribution is 9.10. The topological polar surface area (TPSA) is 70.7 Å². The number of benzene rings is 1. The smallest absolute Gasteiger partial charge is 0.382 e. The third-order valence-electron chi connectivity index (χ3n) is 2.41. The van der Waals surface area contributed by atoms with Gasteiger partial charge in [0.15, 0.2) is 5.75 Å². The normalized spacial score (nSPS) is 10.5. The third kappa shape index (κ3) is 2.06. The fourth-order valence-electron chi connectivity index (χ4n) is 1.48. The van der Waals surface area contributed by atoms with Crippen LogP contribution in [0, 0.1) is 6.92 Å². The van der Waals surface area contributed by atoms with E-state index in [0.29, 0.717) is 11.1 Å². The van der Waals surface area contributed by atoms with Crippen LogP contribution in [0.15, 0.2) is 37.9 Å². The van der Waals surface area contributed by atoms with Crippen LogP contribution in [-0.2, 0) is 0 Å². The summed E-state index contributed by atoms with van der Waals surface area (Å²) >= 11 is 3.30. The molecule has 0 spiro atoms. The molecule has 0 amide bonds. The first-order valence-electron chi connectivity index (χ1n) is 4.82. The molecule has 4 nitrogen and oxygen atoms in total. The summed E-state index contributed by atoms with van der Waals surface area (Å²) in [7, 11) is 0. The van der Waals surface area contributed by atoms with Gasteiger partial charge in [-0.15, -0.1) is 0 Å². The van der Waals surface area contributed by atoms with Crippen molar-refractivity contribution in [2.24, 2.45) is 0 Å². The van der Waals surface area contributed by atoms with E-state index in [9.17, 15) is 15.0 Å². The van der Waals surface area contributed by atoms with Gasteiger partial charge >= 0.3 is 5.63 Å². The minimum absolute atomic E-state index is 0.248. The molecule has 0 aliphatic carbocycles. The Morgan fingerprint density at radius 1 is 1.12 bits per heavy atom. The molecule has 0 saturated heterocycles. The molecule has 0 fully saturated rings. The molecule has 1 aromatic heterocycles. The third-order valence-corrected chi connectivity index (χ3v) is 2.94. The number of aromatic hydroxyl groups is 2. The van der Waals surface area contributed by atoms with E-state index in [1.807, 2.05) is 0 Å². The molecule has 0 atom stereocenters. The van der Waals surface area contributed by atoms with Crippen molar-refractivity contribution in [2.45, 2.75) is 6.92 Å². The van der Waals surface area contributed by atoms with Crippen molar-refractivity contribution in [2.75, 3.05) is 0 Å². The van der Waals surface area contributed by atoms with Crippen molar-refractivity contribution in [1.82, 2.24) is 0 Å². The minimum atomic E-state index is -0.953. The first-order chi connectivity index (χ1) is 8.00. The van der Waals surface area contributed by atoms with Gasteiger partial charge in [-0.25, -0.2) is 4.79 Å². The fourth-order valence-corrected chi connectivity index (χ4v) is 1.74. The van der Waals surface area contributed by atoms with E-state index in [1.165, 1.54) is 0 Å². The number of rotatable bonds is 1. The lowest BCUT2D eigenvalue weighted by atomic mass is 10.1. The Kier molecular flexibility index (Phi) is 2.93. The molecule has 0 radical (unpaired) electrons. The largest absolute Gasteiger partial charge is 0.504 e. The van der Waals surface area contributed by atoms with E-state index in [4.69, 9.17) is 4.42 Å². The number of hydrogen-bond donors (Lipinski definition) is 2. The van der Waals surface area contributed by atoms with Crippen LogP contribution in [0.25, 0.3) is 11.3 Å². The molecule has 2 rings (SSSR count). The second-order valence-corrected chi connectivity index (χ2v) is 4.46. The van der Waals surface area contributed by atoms with Crippen molar-refractivity contribution in [3.05, 3.63) is 44.7 Å². The molecule has 1 aromatic carbocycles. The molecule has 1 heterocycles. The zero-order valence-corrected chi connectivity index (χ0v) is 10.5. The zero-order valence-electron chi connectivity index (χ0n) is 8.90. The van der Waals surface area contributed by atoms with Crippen molar-refractivity contribution in [1.29, 1.82) is 0 Å². The first-order valence-corrected chi connectivity index (χ1v) is 5.61. The maximum absolute atomic E-state index is 11.3. The lowest BCUT2D eigenvalue weighted by Gasteiger charge is -2.07. The van der Waals surface area contributed by atoms with E-state index in [1.54, 1.807) is 31.2 Å². The summed E-state index contributed by atoms with van der Waals surface area (Å²) in [6.45, 7) is 1.56. The summed E-state index contributed by atoms with van der Waals surface area (Å²) in [6.07, 6.45) is 0. The van der Waals surface area contributed by atoms with Gasteiger partial charge in [-0.1, -0.05) is 28.1 Å². The Hall–Kier alpha value is -1.75. The van der Waals surface area contributed by atoms with Crippen LogP contribution in [0.5, 0.6) is 11.5 Å². The van der Waals surface area contributed by atoms with Gasteiger partial charge in [0.25, 0.3) is 0 Å². The van der Waals surface area contributed by atoms with Gasteiger partial charge in [0, 0.05) is 15.6 Å². The van der Waals surface area contributed by atoms with E-state index >= 15 is 0 Å². The van der Waals surface area contributed by atoms with E-state index in [-0.39, 0.29) is 5.76 Å². The molecule has 5 heteroatoms. The quantitative estimate of drug-likeness (QED) is 0.849. The van der Waals surface area contributed by atoms with Gasteiger partial charge in [0.1, 0.15) is 5.76 Å². The molecule has 0 saturated carbocycles. The predicted molar refractivity (Wildman–Crippen MR) is 66.2 cm³/mol. The van der Waals surface area contributed by atoms with Crippen molar-refractivity contribution in [3.63, 3.8) is 0 Å². The van der Waals surface area contributed by atoms with Crippen LogP contribution < -0.4 is 5.63 Å². The number of hydrogen-bond acceptors (Lipinski definition) is 4. The maximum atomic E-state index is 11.3. The summed E-state index contributed by atoms with van der Waals surface area (Å²) in [5.74, 6) is -0.958. The Morgan fingerprint density at radius 2 is 1.71 bits per heavy atom. The van der Waals surface area contributed by atoms with Gasteiger partial charge in [-0.2, -0.15) is 0 Å². The van der Waals surface area contributed by atoms with Gasteiger partial charge in [0.2, 0.25) is 5.75 Å². The lowest BCUT2D eigenvalue weighted by Crippen LogP contribution is -2.01. The van der Waals surface area contributed by atoms with Gasteiger partial charge in [-0.3, -0.25) is 0 Å². The van der Waals surface area contributed by atoms with E-state index in [0.717, 1.165) is 4.47 Å². The Bertz CT molecular complexity index is 614. The second kappa shape index (κ2) is 4.25. The molecule has 2 N–H and O–H groups in total. The van der Waals surface area contributed by atoms with Crippen molar-refractivity contribution >= 4 is 15.9 Å². The summed E-state index contributed by atoms with van der Waals surface area (Å²) in [4.78, 5) is 11.3. The molecule has 0 unspecified atom stereocenters. The fraction of sp³-hybridized carbons (Fsp3) is 0.0833. The highest BCUT2D eigenvalue weighted by Gasteiger charge is 2.16. The minimum Gasteiger partial charge on any atom is -0.504 e. The van der Waals surface area contributed by atoms with Crippen LogP contribution in [0.1, 0.15) is 5.56 Å². The average molecular weight is 297 g/mol. The maximum Gasteiger partial charge on any atom is 0.382 e. The molecular formula is C12H9BrO4. The van der Waals surface area contributed by atoms with Gasteiger partial charge in [0.05, 0.1) is 0 Å². The lowest BCUT2D eigenvalue weighted by molar-refractivity contribution is 0.364. The van der Waals surface area contributed by atoms with Gasteiger partial charge < -0.3 is 14.6 Å². The summed E-state index contributed by atoms with van der Waals surface area (Å²) in [5.41, 5.74) is 0.0218. The zero-order chi connectivity index (χ0) is 12.6. The summed E-state index contributed by atoms with van der Waals surface area (Å²) < 4.78 is 5.86. The Balaban J connectivity index is 2.68. The molecule has 0 aliphatic rings. The Morgan fingerprint density at radius 3 is 2.29 bits per heavy atom. The van der Waals surface area contributed by atoms with E-state index < -0.39 is 17.1 Å².